The summed E-state index contributed by atoms with van der Waals surface area (Å²) in [5, 5.41) is 6.59. The number of hydrogen-bond donors (Lipinski definition) is 2. The van der Waals surface area contributed by atoms with E-state index in [0.29, 0.717) is 22.9 Å². The van der Waals surface area contributed by atoms with Gasteiger partial charge >= 0.3 is 5.97 Å². The van der Waals surface area contributed by atoms with Crippen LogP contribution in [0.3, 0.4) is 0 Å². The van der Waals surface area contributed by atoms with Crippen LogP contribution in [0.4, 0.5) is 5.00 Å². The maximum Gasteiger partial charge on any atom is 0.341 e. The van der Waals surface area contributed by atoms with Crippen molar-refractivity contribution in [3.8, 4) is 0 Å². The number of thiophene rings is 1. The number of hydrogen-bond acceptors (Lipinski definition) is 5. The standard InChI is InChI=1S/C17H24N2O3S2/c1-4-5-6-13(20)18-17(23)19-15-14(16(21)22-3)11-8-7-10(2)9-12(11)24-15/h10H,4-9H2,1-3H3,(H2,18,19,20,23). The van der Waals surface area contributed by atoms with Gasteiger partial charge in [0, 0.05) is 11.3 Å². The second-order valence-electron chi connectivity index (χ2n) is 6.15. The molecule has 2 rings (SSSR count). The van der Waals surface area contributed by atoms with Gasteiger partial charge in [0.1, 0.15) is 5.00 Å². The monoisotopic (exact) mass is 368 g/mol. The number of carbonyl (C=O) groups excluding carboxylic acids is 2. The molecule has 0 bridgehead atoms. The van der Waals surface area contributed by atoms with E-state index >= 15 is 0 Å². The normalized spacial score (nSPS) is 16.2. The van der Waals surface area contributed by atoms with Crippen LogP contribution in [0.5, 0.6) is 0 Å². The predicted octanol–water partition coefficient (Wildman–Crippen LogP) is 3.66. The average Bonchev–Trinajstić information content (AvgIpc) is 2.88. The lowest BCUT2D eigenvalue weighted by molar-refractivity contribution is -0.119. The topological polar surface area (TPSA) is 67.4 Å². The molecule has 1 unspecified atom stereocenters. The quantitative estimate of drug-likeness (QED) is 0.613. The Labute approximate surface area is 152 Å². The molecule has 0 aliphatic heterocycles. The predicted molar refractivity (Wildman–Crippen MR) is 101 cm³/mol. The summed E-state index contributed by atoms with van der Waals surface area (Å²) in [5.74, 6) is 0.142. The van der Waals surface area contributed by atoms with E-state index in [-0.39, 0.29) is 17.0 Å². The molecular weight excluding hydrogens is 344 g/mol. The number of thiocarbonyl (C=S) groups is 1. The molecular formula is C17H24N2O3S2. The number of nitrogens with one attached hydrogen (secondary N) is 2. The second-order valence-corrected chi connectivity index (χ2v) is 7.67. The van der Waals surface area contributed by atoms with Crippen LogP contribution in [-0.4, -0.2) is 24.1 Å². The summed E-state index contributed by atoms with van der Waals surface area (Å²) in [6, 6.07) is 0. The van der Waals surface area contributed by atoms with Crippen molar-refractivity contribution in [1.29, 1.82) is 0 Å². The molecule has 1 aliphatic carbocycles. The zero-order valence-electron chi connectivity index (χ0n) is 14.4. The van der Waals surface area contributed by atoms with Crippen LogP contribution in [0.1, 0.15) is 60.3 Å². The van der Waals surface area contributed by atoms with Gasteiger partial charge in [0.05, 0.1) is 12.7 Å². The largest absolute Gasteiger partial charge is 0.465 e. The number of anilines is 1. The van der Waals surface area contributed by atoms with E-state index in [9.17, 15) is 9.59 Å². The van der Waals surface area contributed by atoms with Crippen molar-refractivity contribution in [2.75, 3.05) is 12.4 Å². The number of esters is 1. The van der Waals surface area contributed by atoms with Crippen molar-refractivity contribution >= 4 is 45.5 Å². The highest BCUT2D eigenvalue weighted by Gasteiger charge is 2.28. The minimum atomic E-state index is -0.357. The van der Waals surface area contributed by atoms with Gasteiger partial charge in [-0.2, -0.15) is 0 Å². The van der Waals surface area contributed by atoms with Crippen LogP contribution < -0.4 is 10.6 Å². The molecule has 5 nitrogen and oxygen atoms in total. The first-order valence-corrected chi connectivity index (χ1v) is 9.52. The molecule has 1 aromatic heterocycles. The molecule has 7 heteroatoms. The Bertz CT molecular complexity index is 640. The van der Waals surface area contributed by atoms with Gasteiger partial charge in [-0.25, -0.2) is 4.79 Å². The number of unbranched alkanes of at least 4 members (excludes halogenated alkanes) is 1. The minimum Gasteiger partial charge on any atom is -0.465 e. The average molecular weight is 369 g/mol. The fourth-order valence-corrected chi connectivity index (χ4v) is 4.50. The van der Waals surface area contributed by atoms with Crippen LogP contribution in [-0.2, 0) is 22.4 Å². The first-order chi connectivity index (χ1) is 11.5. The molecule has 1 heterocycles. The Morgan fingerprint density at radius 2 is 2.17 bits per heavy atom. The van der Waals surface area contributed by atoms with Gasteiger partial charge in [-0.3, -0.25) is 4.79 Å². The molecule has 24 heavy (non-hydrogen) atoms. The van der Waals surface area contributed by atoms with E-state index in [1.54, 1.807) is 0 Å². The molecule has 0 spiro atoms. The van der Waals surface area contributed by atoms with Gasteiger partial charge in [0.25, 0.3) is 0 Å². The lowest BCUT2D eigenvalue weighted by atomic mass is 9.88. The van der Waals surface area contributed by atoms with Crippen molar-refractivity contribution in [2.24, 2.45) is 5.92 Å². The summed E-state index contributed by atoms with van der Waals surface area (Å²) in [6.07, 6.45) is 5.12. The van der Waals surface area contributed by atoms with Gasteiger partial charge in [-0.15, -0.1) is 11.3 Å². The van der Waals surface area contributed by atoms with Crippen molar-refractivity contribution in [3.63, 3.8) is 0 Å². The Hall–Kier alpha value is -1.47. The summed E-state index contributed by atoms with van der Waals surface area (Å²) in [7, 11) is 1.38. The van der Waals surface area contributed by atoms with Crippen molar-refractivity contribution in [2.45, 2.75) is 52.4 Å². The molecule has 0 fully saturated rings. The van der Waals surface area contributed by atoms with E-state index in [0.717, 1.165) is 37.7 Å². The van der Waals surface area contributed by atoms with E-state index in [4.69, 9.17) is 17.0 Å². The number of amides is 1. The number of carbonyl (C=O) groups is 2. The third-order valence-electron chi connectivity index (χ3n) is 4.14. The third-order valence-corrected chi connectivity index (χ3v) is 5.51. The summed E-state index contributed by atoms with van der Waals surface area (Å²) in [6.45, 7) is 4.25. The fourth-order valence-electron chi connectivity index (χ4n) is 2.82. The zero-order chi connectivity index (χ0) is 17.7. The first-order valence-electron chi connectivity index (χ1n) is 8.29. The molecule has 1 amide bonds. The molecule has 1 atom stereocenters. The Morgan fingerprint density at radius 1 is 1.42 bits per heavy atom. The summed E-state index contributed by atoms with van der Waals surface area (Å²) >= 11 is 6.75. The zero-order valence-corrected chi connectivity index (χ0v) is 16.0. The fraction of sp³-hybridized carbons (Fsp3) is 0.588. The van der Waals surface area contributed by atoms with Crippen LogP contribution in [0, 0.1) is 5.92 Å². The van der Waals surface area contributed by atoms with Gasteiger partial charge in [-0.05, 0) is 49.4 Å². The smallest absolute Gasteiger partial charge is 0.341 e. The molecule has 1 aliphatic rings. The molecule has 132 valence electrons. The van der Waals surface area contributed by atoms with E-state index < -0.39 is 0 Å². The number of rotatable bonds is 5. The Balaban J connectivity index is 2.16. The van der Waals surface area contributed by atoms with Crippen molar-refractivity contribution < 1.29 is 14.3 Å². The summed E-state index contributed by atoms with van der Waals surface area (Å²) < 4.78 is 4.94. The molecule has 2 N–H and O–H groups in total. The SMILES string of the molecule is CCCCC(=O)NC(=S)Nc1sc2c(c1C(=O)OC)CCC(C)C2. The molecule has 0 saturated carbocycles. The Morgan fingerprint density at radius 3 is 2.83 bits per heavy atom. The lowest BCUT2D eigenvalue weighted by Crippen LogP contribution is -2.34. The van der Waals surface area contributed by atoms with Gasteiger partial charge in [0.2, 0.25) is 5.91 Å². The summed E-state index contributed by atoms with van der Waals surface area (Å²) in [5.41, 5.74) is 1.63. The highest BCUT2D eigenvalue weighted by Crippen LogP contribution is 2.39. The Kier molecular flexibility index (Phi) is 6.74. The minimum absolute atomic E-state index is 0.107. The summed E-state index contributed by atoms with van der Waals surface area (Å²) in [4.78, 5) is 25.2. The first kappa shape index (κ1) is 18.9. The highest BCUT2D eigenvalue weighted by molar-refractivity contribution is 7.80. The number of fused-ring (bicyclic) bond motifs is 1. The van der Waals surface area contributed by atoms with Crippen LogP contribution >= 0.6 is 23.6 Å². The molecule has 0 radical (unpaired) electrons. The van der Waals surface area contributed by atoms with E-state index in [1.165, 1.54) is 23.3 Å². The van der Waals surface area contributed by atoms with Gasteiger partial charge in [-0.1, -0.05) is 20.3 Å². The van der Waals surface area contributed by atoms with E-state index in [1.807, 2.05) is 6.92 Å². The highest BCUT2D eigenvalue weighted by atomic mass is 32.1. The van der Waals surface area contributed by atoms with E-state index in [2.05, 4.69) is 17.6 Å². The number of ether oxygens (including phenoxy) is 1. The van der Waals surface area contributed by atoms with Crippen LogP contribution in [0.25, 0.3) is 0 Å². The van der Waals surface area contributed by atoms with Gasteiger partial charge in [0.15, 0.2) is 5.11 Å². The maximum absolute atomic E-state index is 12.2. The van der Waals surface area contributed by atoms with Gasteiger partial charge < -0.3 is 15.4 Å². The lowest BCUT2D eigenvalue weighted by Gasteiger charge is -2.18. The molecule has 0 saturated heterocycles. The number of methoxy groups -OCH3 is 1. The molecule has 1 aromatic rings. The molecule has 0 aromatic carbocycles. The maximum atomic E-state index is 12.2. The van der Waals surface area contributed by atoms with Crippen molar-refractivity contribution in [3.05, 3.63) is 16.0 Å². The van der Waals surface area contributed by atoms with Crippen LogP contribution in [0.15, 0.2) is 0 Å². The second kappa shape index (κ2) is 8.58. The van der Waals surface area contributed by atoms with Crippen molar-refractivity contribution in [1.82, 2.24) is 5.32 Å². The third kappa shape index (κ3) is 4.54. The van der Waals surface area contributed by atoms with Crippen LogP contribution in [0.2, 0.25) is 0 Å².